The van der Waals surface area contributed by atoms with Crippen molar-refractivity contribution in [2.75, 3.05) is 26.8 Å². The number of carbonyl (C=O) groups excluding carboxylic acids is 1. The van der Waals surface area contributed by atoms with Gasteiger partial charge in [0.05, 0.1) is 0 Å². The van der Waals surface area contributed by atoms with Crippen molar-refractivity contribution >= 4 is 5.91 Å². The summed E-state index contributed by atoms with van der Waals surface area (Å²) in [6.45, 7) is 3.59. The second kappa shape index (κ2) is 6.91. The van der Waals surface area contributed by atoms with Crippen LogP contribution in [0.1, 0.15) is 30.2 Å². The van der Waals surface area contributed by atoms with Crippen molar-refractivity contribution in [2.24, 2.45) is 0 Å². The highest BCUT2D eigenvalue weighted by Crippen LogP contribution is 2.28. The molecule has 0 aliphatic carbocycles. The van der Waals surface area contributed by atoms with Gasteiger partial charge in [-0.3, -0.25) is 4.79 Å². The van der Waals surface area contributed by atoms with Crippen molar-refractivity contribution in [3.8, 4) is 11.4 Å². The van der Waals surface area contributed by atoms with Gasteiger partial charge in [0.25, 0.3) is 0 Å². The van der Waals surface area contributed by atoms with E-state index in [2.05, 4.69) is 10.1 Å². The summed E-state index contributed by atoms with van der Waals surface area (Å²) in [6.07, 6.45) is 1.68. The van der Waals surface area contributed by atoms with Gasteiger partial charge in [0.1, 0.15) is 6.61 Å². The number of ether oxygens (including phenoxy) is 1. The second-order valence-corrected chi connectivity index (χ2v) is 5.91. The van der Waals surface area contributed by atoms with E-state index in [1.807, 2.05) is 36.1 Å². The fourth-order valence-electron chi connectivity index (χ4n) is 2.81. The van der Waals surface area contributed by atoms with Crippen LogP contribution < -0.4 is 0 Å². The number of amides is 1. The molecule has 0 N–H and O–H groups in total. The maximum absolute atomic E-state index is 11.8. The van der Waals surface area contributed by atoms with Crippen LogP contribution in [-0.4, -0.2) is 47.8 Å². The Morgan fingerprint density at radius 1 is 1.30 bits per heavy atom. The molecule has 6 heteroatoms. The molecule has 2 heterocycles. The molecule has 0 unspecified atom stereocenters. The van der Waals surface area contributed by atoms with Crippen molar-refractivity contribution in [1.82, 2.24) is 15.0 Å². The standard InChI is InChI=1S/C17H21N3O3/c1-12-3-5-13(6-4-12)16-18-17(23-19-16)14-7-9-20(10-8-14)15(21)11-22-2/h3-6,14H,7-11H2,1-2H3. The minimum atomic E-state index is 0.0387. The summed E-state index contributed by atoms with van der Waals surface area (Å²) >= 11 is 0. The third kappa shape index (κ3) is 3.59. The Hall–Kier alpha value is -2.21. The lowest BCUT2D eigenvalue weighted by Gasteiger charge is -2.30. The summed E-state index contributed by atoms with van der Waals surface area (Å²) < 4.78 is 10.3. The highest BCUT2D eigenvalue weighted by Gasteiger charge is 2.27. The van der Waals surface area contributed by atoms with E-state index in [0.717, 1.165) is 18.4 Å². The van der Waals surface area contributed by atoms with Crippen molar-refractivity contribution in [3.05, 3.63) is 35.7 Å². The first-order chi connectivity index (χ1) is 11.2. The van der Waals surface area contributed by atoms with Gasteiger partial charge in [0, 0.05) is 31.7 Å². The molecular weight excluding hydrogens is 294 g/mol. The Morgan fingerprint density at radius 2 is 2.00 bits per heavy atom. The average molecular weight is 315 g/mol. The first-order valence-corrected chi connectivity index (χ1v) is 7.84. The zero-order chi connectivity index (χ0) is 16.2. The number of likely N-dealkylation sites (tertiary alicyclic amines) is 1. The van der Waals surface area contributed by atoms with E-state index >= 15 is 0 Å². The van der Waals surface area contributed by atoms with Crippen LogP contribution in [0, 0.1) is 6.92 Å². The topological polar surface area (TPSA) is 68.5 Å². The fraction of sp³-hybridized carbons (Fsp3) is 0.471. The Kier molecular flexibility index (Phi) is 4.71. The van der Waals surface area contributed by atoms with Gasteiger partial charge in [-0.05, 0) is 19.8 Å². The summed E-state index contributed by atoms with van der Waals surface area (Å²) in [5.41, 5.74) is 2.16. The molecule has 1 saturated heterocycles. The minimum Gasteiger partial charge on any atom is -0.375 e. The molecule has 6 nitrogen and oxygen atoms in total. The van der Waals surface area contributed by atoms with Crippen molar-refractivity contribution in [3.63, 3.8) is 0 Å². The first kappa shape index (κ1) is 15.7. The average Bonchev–Trinajstić information content (AvgIpc) is 3.06. The summed E-state index contributed by atoms with van der Waals surface area (Å²) in [7, 11) is 1.54. The van der Waals surface area contributed by atoms with Crippen molar-refractivity contribution in [1.29, 1.82) is 0 Å². The summed E-state index contributed by atoms with van der Waals surface area (Å²) in [5, 5.41) is 4.09. The highest BCUT2D eigenvalue weighted by molar-refractivity contribution is 5.77. The third-order valence-corrected chi connectivity index (χ3v) is 4.22. The highest BCUT2D eigenvalue weighted by atomic mass is 16.5. The lowest BCUT2D eigenvalue weighted by Crippen LogP contribution is -2.39. The Morgan fingerprint density at radius 3 is 2.65 bits per heavy atom. The van der Waals surface area contributed by atoms with Crippen LogP contribution in [-0.2, 0) is 9.53 Å². The Balaban J connectivity index is 1.63. The van der Waals surface area contributed by atoms with Crippen molar-refractivity contribution < 1.29 is 14.1 Å². The van der Waals surface area contributed by atoms with Gasteiger partial charge in [0.15, 0.2) is 0 Å². The number of aryl methyl sites for hydroxylation is 1. The van der Waals surface area contributed by atoms with E-state index in [9.17, 15) is 4.79 Å². The summed E-state index contributed by atoms with van der Waals surface area (Å²) in [4.78, 5) is 18.2. The van der Waals surface area contributed by atoms with Gasteiger partial charge in [-0.25, -0.2) is 0 Å². The molecule has 2 aromatic rings. The SMILES string of the molecule is COCC(=O)N1CCC(c2nc(-c3ccc(C)cc3)no2)CC1. The number of benzene rings is 1. The Labute approximate surface area is 135 Å². The van der Waals surface area contributed by atoms with E-state index in [0.29, 0.717) is 24.8 Å². The smallest absolute Gasteiger partial charge is 0.248 e. The van der Waals surface area contributed by atoms with E-state index < -0.39 is 0 Å². The molecule has 3 rings (SSSR count). The van der Waals surface area contributed by atoms with E-state index in [-0.39, 0.29) is 18.4 Å². The number of carbonyl (C=O) groups is 1. The number of aromatic nitrogens is 2. The van der Waals surface area contributed by atoms with E-state index in [1.165, 1.54) is 12.7 Å². The van der Waals surface area contributed by atoms with Gasteiger partial charge in [-0.2, -0.15) is 4.98 Å². The third-order valence-electron chi connectivity index (χ3n) is 4.22. The number of nitrogens with zero attached hydrogens (tertiary/aromatic N) is 3. The number of piperidine rings is 1. The van der Waals surface area contributed by atoms with E-state index in [4.69, 9.17) is 9.26 Å². The van der Waals surface area contributed by atoms with Crippen molar-refractivity contribution in [2.45, 2.75) is 25.7 Å². The van der Waals surface area contributed by atoms with Crippen LogP contribution in [0.15, 0.2) is 28.8 Å². The predicted molar refractivity (Wildman–Crippen MR) is 84.9 cm³/mol. The fourth-order valence-corrected chi connectivity index (χ4v) is 2.81. The number of hydrogen-bond acceptors (Lipinski definition) is 5. The second-order valence-electron chi connectivity index (χ2n) is 5.91. The Bertz CT molecular complexity index is 658. The van der Waals surface area contributed by atoms with Crippen LogP contribution in [0.4, 0.5) is 0 Å². The van der Waals surface area contributed by atoms with Crippen LogP contribution in [0.2, 0.25) is 0 Å². The number of rotatable bonds is 4. The molecule has 23 heavy (non-hydrogen) atoms. The molecular formula is C17H21N3O3. The predicted octanol–water partition coefficient (Wildman–Crippen LogP) is 2.40. The molecule has 1 aromatic carbocycles. The summed E-state index contributed by atoms with van der Waals surface area (Å²) in [6, 6.07) is 8.06. The normalized spacial score (nSPS) is 15.8. The maximum atomic E-state index is 11.8. The molecule has 0 atom stereocenters. The number of methoxy groups -OCH3 is 1. The number of hydrogen-bond donors (Lipinski definition) is 0. The van der Waals surface area contributed by atoms with Crippen LogP contribution in [0.3, 0.4) is 0 Å². The molecule has 1 aliphatic heterocycles. The lowest BCUT2D eigenvalue weighted by atomic mass is 9.97. The van der Waals surface area contributed by atoms with Crippen LogP contribution in [0.5, 0.6) is 0 Å². The molecule has 0 spiro atoms. The van der Waals surface area contributed by atoms with Crippen LogP contribution in [0.25, 0.3) is 11.4 Å². The molecule has 0 radical (unpaired) electrons. The quantitative estimate of drug-likeness (QED) is 0.866. The van der Waals surface area contributed by atoms with Gasteiger partial charge in [-0.1, -0.05) is 35.0 Å². The zero-order valence-corrected chi connectivity index (χ0v) is 13.5. The molecule has 1 aromatic heterocycles. The lowest BCUT2D eigenvalue weighted by molar-refractivity contribution is -0.136. The van der Waals surface area contributed by atoms with Gasteiger partial charge < -0.3 is 14.2 Å². The first-order valence-electron chi connectivity index (χ1n) is 7.84. The van der Waals surface area contributed by atoms with Crippen LogP contribution >= 0.6 is 0 Å². The maximum Gasteiger partial charge on any atom is 0.248 e. The summed E-state index contributed by atoms with van der Waals surface area (Å²) in [5.74, 6) is 1.54. The molecule has 122 valence electrons. The molecule has 1 amide bonds. The molecule has 0 bridgehead atoms. The van der Waals surface area contributed by atoms with Gasteiger partial charge in [-0.15, -0.1) is 0 Å². The van der Waals surface area contributed by atoms with Gasteiger partial charge in [0.2, 0.25) is 17.6 Å². The molecule has 1 aliphatic rings. The molecule has 1 fully saturated rings. The minimum absolute atomic E-state index is 0.0387. The van der Waals surface area contributed by atoms with E-state index in [1.54, 1.807) is 0 Å². The zero-order valence-electron chi connectivity index (χ0n) is 13.5. The largest absolute Gasteiger partial charge is 0.375 e. The molecule has 0 saturated carbocycles. The monoisotopic (exact) mass is 315 g/mol. The van der Waals surface area contributed by atoms with Gasteiger partial charge >= 0.3 is 0 Å².